The van der Waals surface area contributed by atoms with Crippen molar-refractivity contribution in [1.82, 2.24) is 15.2 Å². The van der Waals surface area contributed by atoms with Crippen LogP contribution in [0.4, 0.5) is 10.4 Å². The predicted octanol–water partition coefficient (Wildman–Crippen LogP) is 4.68. The van der Waals surface area contributed by atoms with E-state index in [1.165, 1.54) is 12.5 Å². The Morgan fingerprint density at radius 1 is 1.11 bits per heavy atom. The summed E-state index contributed by atoms with van der Waals surface area (Å²) in [5.74, 6) is -0.317. The molecule has 0 saturated carbocycles. The fraction of sp³-hybridized carbons (Fsp3) is 0.310. The molecule has 190 valence electrons. The van der Waals surface area contributed by atoms with Crippen molar-refractivity contribution in [3.05, 3.63) is 83.2 Å². The number of rotatable bonds is 6. The number of carbonyl (C=O) groups is 1. The lowest BCUT2D eigenvalue weighted by atomic mass is 10.0. The Morgan fingerprint density at radius 2 is 1.95 bits per heavy atom. The molecule has 0 spiro atoms. The van der Waals surface area contributed by atoms with Crippen molar-refractivity contribution in [2.75, 3.05) is 31.6 Å². The highest BCUT2D eigenvalue weighted by Gasteiger charge is 2.34. The molecule has 37 heavy (non-hydrogen) atoms. The largest absolute Gasteiger partial charge is 0.423 e. The molecule has 4 aromatic rings. The number of nitrogens with zero attached hydrogens (tertiary/aromatic N) is 2. The van der Waals surface area contributed by atoms with Crippen LogP contribution >= 0.6 is 0 Å². The summed E-state index contributed by atoms with van der Waals surface area (Å²) in [6.07, 6.45) is 0.731. The van der Waals surface area contributed by atoms with Crippen LogP contribution in [0.25, 0.3) is 22.2 Å². The van der Waals surface area contributed by atoms with Crippen molar-refractivity contribution in [2.24, 2.45) is 0 Å². The minimum absolute atomic E-state index is 0.0800. The van der Waals surface area contributed by atoms with Crippen molar-refractivity contribution in [3.8, 4) is 11.1 Å². The second-order valence-corrected chi connectivity index (χ2v) is 9.70. The van der Waals surface area contributed by atoms with Crippen molar-refractivity contribution >= 4 is 23.0 Å². The van der Waals surface area contributed by atoms with Crippen LogP contribution in [0.2, 0.25) is 0 Å². The van der Waals surface area contributed by atoms with E-state index in [0.717, 1.165) is 36.2 Å². The Kier molecular flexibility index (Phi) is 6.36. The maximum atomic E-state index is 15.1. The molecule has 1 aliphatic carbocycles. The van der Waals surface area contributed by atoms with Crippen molar-refractivity contribution in [3.63, 3.8) is 0 Å². The molecule has 1 fully saturated rings. The van der Waals surface area contributed by atoms with Gasteiger partial charge in [-0.15, -0.1) is 0 Å². The average Bonchev–Trinajstić information content (AvgIpc) is 3.46. The molecule has 1 amide bonds. The van der Waals surface area contributed by atoms with Crippen LogP contribution in [0.1, 0.15) is 29.7 Å². The predicted molar refractivity (Wildman–Crippen MR) is 140 cm³/mol. The van der Waals surface area contributed by atoms with Gasteiger partial charge in [0.1, 0.15) is 11.3 Å². The third-order valence-electron chi connectivity index (χ3n) is 7.18. The number of oxazole rings is 1. The summed E-state index contributed by atoms with van der Waals surface area (Å²) in [5.41, 5.74) is 5.75. The molecule has 2 unspecified atom stereocenters. The molecule has 1 aromatic heterocycles. The van der Waals surface area contributed by atoms with Gasteiger partial charge in [-0.1, -0.05) is 48.5 Å². The number of hydrogen-bond donors (Lipinski definition) is 2. The monoisotopic (exact) mass is 500 g/mol. The maximum Gasteiger partial charge on any atom is 0.296 e. The fourth-order valence-electron chi connectivity index (χ4n) is 5.38. The number of morpholine rings is 1. The normalized spacial score (nSPS) is 19.6. The molecule has 8 heteroatoms. The molecule has 0 radical (unpaired) electrons. The topological polar surface area (TPSA) is 79.6 Å². The summed E-state index contributed by atoms with van der Waals surface area (Å²) in [7, 11) is 0. The Morgan fingerprint density at radius 3 is 2.76 bits per heavy atom. The Labute approximate surface area is 214 Å². The van der Waals surface area contributed by atoms with Gasteiger partial charge in [-0.05, 0) is 35.2 Å². The number of nitrogens with one attached hydrogen (secondary N) is 2. The van der Waals surface area contributed by atoms with E-state index in [0.29, 0.717) is 42.4 Å². The van der Waals surface area contributed by atoms with Crippen LogP contribution in [-0.2, 0) is 22.5 Å². The molecule has 2 heterocycles. The molecule has 7 nitrogen and oxygen atoms in total. The van der Waals surface area contributed by atoms with Crippen LogP contribution in [0.3, 0.4) is 0 Å². The van der Waals surface area contributed by atoms with E-state index in [-0.39, 0.29) is 23.8 Å². The highest BCUT2D eigenvalue weighted by Crippen LogP contribution is 2.36. The van der Waals surface area contributed by atoms with Crippen LogP contribution in [0, 0.1) is 5.82 Å². The van der Waals surface area contributed by atoms with Gasteiger partial charge in [-0.3, -0.25) is 9.69 Å². The van der Waals surface area contributed by atoms with Crippen LogP contribution in [-0.4, -0.2) is 48.1 Å². The number of halogens is 1. The van der Waals surface area contributed by atoms with Crippen LogP contribution in [0.5, 0.6) is 0 Å². The smallest absolute Gasteiger partial charge is 0.296 e. The van der Waals surface area contributed by atoms with Crippen LogP contribution < -0.4 is 10.6 Å². The molecule has 1 aliphatic heterocycles. The van der Waals surface area contributed by atoms with E-state index < -0.39 is 0 Å². The molecule has 2 N–H and O–H groups in total. The number of benzene rings is 3. The zero-order chi connectivity index (χ0) is 25.4. The summed E-state index contributed by atoms with van der Waals surface area (Å²) < 4.78 is 26.7. The molecule has 3 aromatic carbocycles. The molecule has 1 saturated heterocycles. The Hall–Kier alpha value is -3.75. The second kappa shape index (κ2) is 9.95. The quantitative estimate of drug-likeness (QED) is 0.400. The summed E-state index contributed by atoms with van der Waals surface area (Å²) in [6.45, 7) is 5.07. The van der Waals surface area contributed by atoms with E-state index in [1.807, 2.05) is 42.5 Å². The standard InChI is InChI=1S/C29H29FN4O3/c1-18(35)31-26-16-19-5-2-3-6-22(19)27(26)33-29-32-25-8-4-7-23(28(25)37-29)20-9-10-21(24(30)15-20)17-34-11-13-36-14-12-34/h2-10,15,26-27H,11-14,16-17H2,1H3,(H,31,35)(H,32,33). The van der Waals surface area contributed by atoms with Gasteiger partial charge < -0.3 is 19.8 Å². The SMILES string of the molecule is CC(=O)NC1Cc2ccccc2C1Nc1nc2cccc(-c3ccc(CN4CCOCC4)c(F)c3)c2o1. The number of amides is 1. The number of aromatic nitrogens is 1. The first-order valence-electron chi connectivity index (χ1n) is 12.6. The lowest BCUT2D eigenvalue weighted by Gasteiger charge is -2.26. The van der Waals surface area contributed by atoms with Gasteiger partial charge in [-0.2, -0.15) is 4.98 Å². The van der Waals surface area contributed by atoms with Gasteiger partial charge in [-0.25, -0.2) is 4.39 Å². The maximum absolute atomic E-state index is 15.1. The van der Waals surface area contributed by atoms with E-state index in [4.69, 9.17) is 9.15 Å². The summed E-state index contributed by atoms with van der Waals surface area (Å²) in [6, 6.07) is 19.3. The van der Waals surface area contributed by atoms with E-state index in [1.54, 1.807) is 6.07 Å². The highest BCUT2D eigenvalue weighted by molar-refractivity contribution is 5.91. The third-order valence-corrected chi connectivity index (χ3v) is 7.18. The number of carbonyl (C=O) groups excluding carboxylic acids is 1. The number of hydrogen-bond acceptors (Lipinski definition) is 6. The molecular formula is C29H29FN4O3. The first-order valence-corrected chi connectivity index (χ1v) is 12.6. The van der Waals surface area contributed by atoms with Crippen LogP contribution in [0.15, 0.2) is 65.1 Å². The lowest BCUT2D eigenvalue weighted by molar-refractivity contribution is -0.119. The van der Waals surface area contributed by atoms with Crippen molar-refractivity contribution in [1.29, 1.82) is 0 Å². The van der Waals surface area contributed by atoms with Gasteiger partial charge >= 0.3 is 0 Å². The number of fused-ring (bicyclic) bond motifs is 2. The van der Waals surface area contributed by atoms with E-state index >= 15 is 4.39 Å². The highest BCUT2D eigenvalue weighted by atomic mass is 19.1. The summed E-state index contributed by atoms with van der Waals surface area (Å²) >= 11 is 0. The lowest BCUT2D eigenvalue weighted by Crippen LogP contribution is -2.39. The van der Waals surface area contributed by atoms with Gasteiger partial charge in [0.25, 0.3) is 6.01 Å². The first-order chi connectivity index (χ1) is 18.0. The van der Waals surface area contributed by atoms with E-state index in [9.17, 15) is 4.79 Å². The minimum Gasteiger partial charge on any atom is -0.423 e. The molecule has 2 atom stereocenters. The third kappa shape index (κ3) is 4.82. The zero-order valence-electron chi connectivity index (χ0n) is 20.7. The van der Waals surface area contributed by atoms with Gasteiger partial charge in [0.15, 0.2) is 5.58 Å². The Balaban J connectivity index is 1.28. The van der Waals surface area contributed by atoms with Crippen molar-refractivity contribution in [2.45, 2.75) is 32.0 Å². The van der Waals surface area contributed by atoms with Gasteiger partial charge in [0.05, 0.1) is 25.3 Å². The number of anilines is 1. The minimum atomic E-state index is -0.237. The zero-order valence-corrected chi connectivity index (χ0v) is 20.7. The summed E-state index contributed by atoms with van der Waals surface area (Å²) in [4.78, 5) is 18.7. The molecule has 0 bridgehead atoms. The van der Waals surface area contributed by atoms with E-state index in [2.05, 4.69) is 32.7 Å². The first kappa shape index (κ1) is 23.6. The molecule has 2 aliphatic rings. The summed E-state index contributed by atoms with van der Waals surface area (Å²) in [5, 5.41) is 6.45. The van der Waals surface area contributed by atoms with Gasteiger partial charge in [0.2, 0.25) is 5.91 Å². The molecule has 6 rings (SSSR count). The number of para-hydroxylation sites is 1. The second-order valence-electron chi connectivity index (χ2n) is 9.70. The fourth-order valence-corrected chi connectivity index (χ4v) is 5.38. The Bertz CT molecular complexity index is 1450. The average molecular weight is 501 g/mol. The van der Waals surface area contributed by atoms with Crippen molar-refractivity contribution < 1.29 is 18.3 Å². The molecular weight excluding hydrogens is 471 g/mol. The van der Waals surface area contributed by atoms with Gasteiger partial charge in [0, 0.05) is 37.7 Å². The number of ether oxygens (including phenoxy) is 1.